The first-order valence-corrected chi connectivity index (χ1v) is 10.6. The summed E-state index contributed by atoms with van der Waals surface area (Å²) in [5.41, 5.74) is 1.47. The second-order valence-corrected chi connectivity index (χ2v) is 10.8. The Balaban J connectivity index is 2.06. The molecule has 3 rings (SSSR count). The van der Waals surface area contributed by atoms with E-state index in [0.717, 1.165) is 11.8 Å². The average molecular weight is 280 g/mol. The van der Waals surface area contributed by atoms with Crippen LogP contribution in [-0.4, -0.2) is 15.1 Å². The molecule has 0 aromatic rings. The molecule has 0 aromatic carbocycles. The lowest BCUT2D eigenvalue weighted by Gasteiger charge is -2.47. The summed E-state index contributed by atoms with van der Waals surface area (Å²) in [5, 5.41) is 0. The Morgan fingerprint density at radius 1 is 0.947 bits per heavy atom. The van der Waals surface area contributed by atoms with Crippen LogP contribution in [0.2, 0.25) is 13.1 Å². The van der Waals surface area contributed by atoms with E-state index in [0.29, 0.717) is 22.3 Å². The standard InChI is InChI=1S/C17H31OSi/c1-15(2)9-7-10-16(3)12-8-11-17(16,4)14(13(12)15)18-19(5)6/h12-14H,7-11H2,1-6H3/t12-,13-,14-,16+,17+/m0/s1. The van der Waals surface area contributed by atoms with Gasteiger partial charge in [0.05, 0.1) is 6.10 Å². The fourth-order valence-electron chi connectivity index (χ4n) is 6.09. The highest BCUT2D eigenvalue weighted by atomic mass is 28.3. The summed E-state index contributed by atoms with van der Waals surface area (Å²) in [5.74, 6) is 1.72. The van der Waals surface area contributed by atoms with Gasteiger partial charge in [0, 0.05) is 0 Å². The van der Waals surface area contributed by atoms with Gasteiger partial charge in [0.25, 0.3) is 0 Å². The predicted octanol–water partition coefficient (Wildman–Crippen LogP) is 4.89. The van der Waals surface area contributed by atoms with Crippen LogP contribution >= 0.6 is 0 Å². The van der Waals surface area contributed by atoms with E-state index < -0.39 is 9.04 Å². The summed E-state index contributed by atoms with van der Waals surface area (Å²) in [6.07, 6.45) is 7.65. The van der Waals surface area contributed by atoms with Crippen molar-refractivity contribution >= 4 is 9.04 Å². The molecule has 0 N–H and O–H groups in total. The van der Waals surface area contributed by atoms with Crippen molar-refractivity contribution in [2.75, 3.05) is 0 Å². The first-order valence-electron chi connectivity index (χ1n) is 8.19. The maximum absolute atomic E-state index is 6.62. The molecule has 0 aliphatic heterocycles. The Kier molecular flexibility index (Phi) is 3.05. The third-order valence-electron chi connectivity index (χ3n) is 7.27. The zero-order valence-corrected chi connectivity index (χ0v) is 14.7. The lowest BCUT2D eigenvalue weighted by Crippen LogP contribution is -2.47. The van der Waals surface area contributed by atoms with Gasteiger partial charge in [0.15, 0.2) is 0 Å². The molecule has 1 nitrogen and oxygen atoms in total. The van der Waals surface area contributed by atoms with E-state index in [4.69, 9.17) is 4.43 Å². The van der Waals surface area contributed by atoms with Gasteiger partial charge in [-0.15, -0.1) is 0 Å². The zero-order chi connectivity index (χ0) is 14.1. The van der Waals surface area contributed by atoms with Crippen molar-refractivity contribution in [1.29, 1.82) is 0 Å². The van der Waals surface area contributed by atoms with Gasteiger partial charge in [0.2, 0.25) is 9.04 Å². The fourth-order valence-corrected chi connectivity index (χ4v) is 7.01. The van der Waals surface area contributed by atoms with Crippen LogP contribution in [0.25, 0.3) is 0 Å². The molecule has 0 unspecified atom stereocenters. The predicted molar refractivity (Wildman–Crippen MR) is 82.4 cm³/mol. The van der Waals surface area contributed by atoms with Crippen molar-refractivity contribution in [3.8, 4) is 0 Å². The maximum atomic E-state index is 6.62. The molecule has 3 aliphatic carbocycles. The van der Waals surface area contributed by atoms with Gasteiger partial charge < -0.3 is 4.43 Å². The van der Waals surface area contributed by atoms with Gasteiger partial charge in [-0.3, -0.25) is 0 Å². The van der Waals surface area contributed by atoms with E-state index in [2.05, 4.69) is 40.8 Å². The fraction of sp³-hybridized carbons (Fsp3) is 1.00. The van der Waals surface area contributed by atoms with Crippen LogP contribution in [-0.2, 0) is 4.43 Å². The third kappa shape index (κ3) is 1.68. The van der Waals surface area contributed by atoms with Gasteiger partial charge in [-0.05, 0) is 66.9 Å². The van der Waals surface area contributed by atoms with Gasteiger partial charge in [0.1, 0.15) is 0 Å². The van der Waals surface area contributed by atoms with Crippen molar-refractivity contribution in [2.24, 2.45) is 28.1 Å². The van der Waals surface area contributed by atoms with E-state index in [-0.39, 0.29) is 0 Å². The molecule has 3 fully saturated rings. The number of rotatable bonds is 2. The minimum atomic E-state index is -0.603. The molecule has 5 atom stereocenters. The molecule has 0 spiro atoms. The highest BCUT2D eigenvalue weighted by Crippen LogP contribution is 2.74. The van der Waals surface area contributed by atoms with Crippen LogP contribution in [0, 0.1) is 28.1 Å². The molecular formula is C17H31OSi. The van der Waals surface area contributed by atoms with Gasteiger partial charge >= 0.3 is 0 Å². The smallest absolute Gasteiger partial charge is 0.205 e. The average Bonchev–Trinajstić information content (AvgIpc) is 2.57. The Morgan fingerprint density at radius 3 is 2.26 bits per heavy atom. The molecule has 3 aliphatic rings. The van der Waals surface area contributed by atoms with Crippen LogP contribution in [0.5, 0.6) is 0 Å². The minimum absolute atomic E-state index is 0.446. The molecule has 4 bridgehead atoms. The van der Waals surface area contributed by atoms with Crippen LogP contribution in [0.1, 0.15) is 59.8 Å². The Morgan fingerprint density at radius 2 is 1.63 bits per heavy atom. The minimum Gasteiger partial charge on any atom is -0.413 e. The van der Waals surface area contributed by atoms with Crippen molar-refractivity contribution in [3.05, 3.63) is 0 Å². The van der Waals surface area contributed by atoms with Crippen LogP contribution in [0.4, 0.5) is 0 Å². The Hall–Kier alpha value is 0.177. The van der Waals surface area contributed by atoms with Crippen molar-refractivity contribution in [3.63, 3.8) is 0 Å². The van der Waals surface area contributed by atoms with E-state index in [1.165, 1.54) is 32.1 Å². The monoisotopic (exact) mass is 279 g/mol. The number of hydrogen-bond donors (Lipinski definition) is 0. The van der Waals surface area contributed by atoms with Gasteiger partial charge in [-0.25, -0.2) is 0 Å². The first-order chi connectivity index (χ1) is 8.72. The SMILES string of the molecule is C[Si](C)O[C@H]1[C@@H]2[C@@H]3CC[C@@]1(C)[C@]3(C)CCCC2(C)C. The van der Waals surface area contributed by atoms with Gasteiger partial charge in [-0.2, -0.15) is 0 Å². The van der Waals surface area contributed by atoms with Crippen LogP contribution in [0.15, 0.2) is 0 Å². The summed E-state index contributed by atoms with van der Waals surface area (Å²) in [6, 6.07) is 0. The van der Waals surface area contributed by atoms with Crippen molar-refractivity contribution < 1.29 is 4.43 Å². The summed E-state index contributed by atoms with van der Waals surface area (Å²) >= 11 is 0. The lowest BCUT2D eigenvalue weighted by atomic mass is 9.63. The molecule has 0 amide bonds. The topological polar surface area (TPSA) is 9.23 Å². The second-order valence-electron chi connectivity index (χ2n) is 8.79. The Labute approximate surface area is 121 Å². The van der Waals surface area contributed by atoms with E-state index in [1.54, 1.807) is 0 Å². The normalized spacial score (nSPS) is 51.6. The van der Waals surface area contributed by atoms with E-state index in [9.17, 15) is 0 Å². The number of hydrogen-bond acceptors (Lipinski definition) is 1. The molecule has 0 heterocycles. The van der Waals surface area contributed by atoms with Gasteiger partial charge in [-0.1, -0.05) is 34.1 Å². The zero-order valence-electron chi connectivity index (χ0n) is 13.7. The van der Waals surface area contributed by atoms with Crippen LogP contribution < -0.4 is 0 Å². The molecule has 109 valence electrons. The maximum Gasteiger partial charge on any atom is 0.205 e. The largest absolute Gasteiger partial charge is 0.413 e. The molecule has 1 radical (unpaired) electrons. The van der Waals surface area contributed by atoms with Crippen molar-refractivity contribution in [1.82, 2.24) is 0 Å². The third-order valence-corrected chi connectivity index (χ3v) is 7.99. The summed E-state index contributed by atoms with van der Waals surface area (Å²) < 4.78 is 6.62. The summed E-state index contributed by atoms with van der Waals surface area (Å²) in [4.78, 5) is 0. The highest BCUT2D eigenvalue weighted by molar-refractivity contribution is 6.48. The van der Waals surface area contributed by atoms with E-state index >= 15 is 0 Å². The Bertz CT molecular complexity index is 377. The quantitative estimate of drug-likeness (QED) is 0.654. The van der Waals surface area contributed by atoms with E-state index in [1.807, 2.05) is 0 Å². The molecule has 19 heavy (non-hydrogen) atoms. The molecule has 2 heteroatoms. The lowest BCUT2D eigenvalue weighted by molar-refractivity contribution is -0.0427. The summed E-state index contributed by atoms with van der Waals surface area (Å²) in [7, 11) is -0.603. The second kappa shape index (κ2) is 4.10. The van der Waals surface area contributed by atoms with Crippen molar-refractivity contribution in [2.45, 2.75) is 79.0 Å². The molecular weight excluding hydrogens is 248 g/mol. The highest BCUT2D eigenvalue weighted by Gasteiger charge is 2.71. The molecule has 3 saturated carbocycles. The first kappa shape index (κ1) is 14.1. The molecule has 0 aromatic heterocycles. The molecule has 0 saturated heterocycles. The summed E-state index contributed by atoms with van der Waals surface area (Å²) in [6.45, 7) is 14.8. The van der Waals surface area contributed by atoms with Crippen LogP contribution in [0.3, 0.4) is 0 Å².